The molecule has 66 valence electrons. The smallest absolute Gasteiger partial charge is 0 e. The van der Waals surface area contributed by atoms with Crippen molar-refractivity contribution in [3.63, 3.8) is 0 Å². The molecule has 0 saturated heterocycles. The van der Waals surface area contributed by atoms with Gasteiger partial charge in [-0.05, 0) is 7.11 Å². The van der Waals surface area contributed by atoms with Crippen molar-refractivity contribution in [3.8, 4) is 0 Å². The van der Waals surface area contributed by atoms with Crippen molar-refractivity contribution in [3.05, 3.63) is 6.61 Å². The first-order valence-electron chi connectivity index (χ1n) is 1.37. The van der Waals surface area contributed by atoms with Crippen LogP contribution in [0.2, 0.25) is 0 Å². The van der Waals surface area contributed by atoms with Crippen LogP contribution in [0, 0.1) is 6.61 Å². The van der Waals surface area contributed by atoms with E-state index in [0.717, 1.165) is 0 Å². The summed E-state index contributed by atoms with van der Waals surface area (Å²) in [5.74, 6) is 0. The summed E-state index contributed by atoms with van der Waals surface area (Å²) in [6.07, 6.45) is 0. The maximum atomic E-state index is 7.89. The Hall–Kier alpha value is 6.54. The molecule has 0 aliphatic carbocycles. The van der Waals surface area contributed by atoms with Gasteiger partial charge in [-0.1, -0.05) is 21.5 Å². The first-order chi connectivity index (χ1) is 2.41. The largest absolute Gasteiger partial charge is 0.552 e. The van der Waals surface area contributed by atoms with E-state index in [1.165, 1.54) is 13.7 Å². The third-order valence-corrected chi connectivity index (χ3v) is 0.241. The van der Waals surface area contributed by atoms with Crippen LogP contribution in [0.4, 0.5) is 0 Å². The van der Waals surface area contributed by atoms with Crippen LogP contribution in [-0.4, -0.2) is 18.8 Å². The number of hydrogen-bond acceptors (Lipinski definition) is 2. The number of aliphatic hydroxyl groups is 1. The summed E-state index contributed by atoms with van der Waals surface area (Å²) in [6, 6.07) is 0. The number of aliphatic hydroxyl groups excluding tert-OH is 1. The van der Waals surface area contributed by atoms with Crippen LogP contribution in [0.5, 0.6) is 0 Å². The van der Waals surface area contributed by atoms with Crippen molar-refractivity contribution in [2.24, 2.45) is 0 Å². The first kappa shape index (κ1) is 60.5. The van der Waals surface area contributed by atoms with Crippen LogP contribution in [-0.2, 0) is 201 Å². The third-order valence-electron chi connectivity index (χ3n) is 0.241. The predicted molar refractivity (Wildman–Crippen MR) is 31.9 cm³/mol. The number of hydrogen-bond donors (Lipinski definition) is 1. The second-order valence-corrected chi connectivity index (χ2v) is 0.585. The van der Waals surface area contributed by atoms with Gasteiger partial charge in [-0.15, -0.1) is 0 Å². The fourth-order valence-corrected chi connectivity index (χ4v) is 0.0745. The van der Waals surface area contributed by atoms with Crippen LogP contribution in [0.3, 0.4) is 0 Å². The second-order valence-electron chi connectivity index (χ2n) is 0.585. The molecule has 0 amide bonds. The maximum absolute atomic E-state index is 7.89. The van der Waals surface area contributed by atoms with Gasteiger partial charge in [0.25, 0.3) is 0 Å². The molecule has 0 aliphatic heterocycles. The summed E-state index contributed by atoms with van der Waals surface area (Å²) in [5.41, 5.74) is 0. The topological polar surface area (TPSA) is 29.5 Å². The summed E-state index contributed by atoms with van der Waals surface area (Å²) in [4.78, 5) is 0. The van der Waals surface area contributed by atoms with Gasteiger partial charge >= 0.3 is 0 Å². The normalized spacial score (nSPS) is 3.23. The Balaban J connectivity index is -0.00000000286. The molecule has 0 spiro atoms. The van der Waals surface area contributed by atoms with Crippen LogP contribution < -0.4 is 0 Å². The Morgan fingerprint density at radius 2 is 1.15 bits per heavy atom. The fraction of sp³-hybridized carbons (Fsp3) is 0.800. The Morgan fingerprint density at radius 1 is 0.923 bits per heavy atom. The van der Waals surface area contributed by atoms with Gasteiger partial charge in [0.1, 0.15) is 0 Å². The minimum absolute atomic E-state index is 0. The van der Waals surface area contributed by atoms with Gasteiger partial charge in [-0.3, -0.25) is 0 Å². The first-order valence-corrected chi connectivity index (χ1v) is 1.37. The van der Waals surface area contributed by atoms with Gasteiger partial charge in [-0.2, -0.15) is 6.61 Å². The van der Waals surface area contributed by atoms with Gasteiger partial charge < -0.3 is 9.84 Å². The molecule has 2 nitrogen and oxygen atoms in total. The molecule has 0 saturated carbocycles. The van der Waals surface area contributed by atoms with Crippen LogP contribution in [0.15, 0.2) is 0 Å². The van der Waals surface area contributed by atoms with E-state index >= 15 is 0 Å². The van der Waals surface area contributed by atoms with Crippen molar-refractivity contribution in [2.75, 3.05) is 13.7 Å². The van der Waals surface area contributed by atoms with E-state index in [1.807, 2.05) is 0 Å². The van der Waals surface area contributed by atoms with E-state index in [4.69, 9.17) is 5.11 Å². The summed E-state index contributed by atoms with van der Waals surface area (Å²) in [5, 5.41) is 7.89. The average molecular weight is 641 g/mol. The molecule has 0 aliphatic rings. The average Bonchev–Trinajstić information content (AvgIpc) is 1.41. The summed E-state index contributed by atoms with van der Waals surface area (Å²) in [6.45, 7) is 1.30. The van der Waals surface area contributed by atoms with Gasteiger partial charge in [0, 0.05) is 196 Å². The van der Waals surface area contributed by atoms with E-state index in [1.54, 1.807) is 0 Å². The zero-order valence-corrected chi connectivity index (χ0v) is 23.6. The monoisotopic (exact) mass is 641 g/mol. The van der Waals surface area contributed by atoms with Gasteiger partial charge in [0.15, 0.2) is 0 Å². The fourth-order valence-electron chi connectivity index (χ4n) is 0.0745. The molecule has 0 unspecified atom stereocenters. The molecule has 0 fully saturated rings. The molecule has 8 heteroatoms. The van der Waals surface area contributed by atoms with Crippen molar-refractivity contribution in [2.45, 2.75) is 14.9 Å². The zero-order valence-electron chi connectivity index (χ0n) is 6.60. The molecule has 0 bridgehead atoms. The molecule has 1 N–H and O–H groups in total. The molecule has 0 rings (SSSR count). The van der Waals surface area contributed by atoms with Gasteiger partial charge in [-0.25, -0.2) is 0 Å². The molecule has 13 heavy (non-hydrogen) atoms. The number of ether oxygens (including phenoxy) is 1. The zero-order chi connectivity index (χ0) is 4.12. The SMILES string of the molecule is C.C.CO[CH-]CO.[Y].[Y].[Y].[Y].[Y].[Y]. The number of rotatable bonds is 2. The Bertz CT molecular complexity index is 26.5. The van der Waals surface area contributed by atoms with E-state index < -0.39 is 0 Å². The van der Waals surface area contributed by atoms with Crippen LogP contribution >= 0.6 is 0 Å². The van der Waals surface area contributed by atoms with Crippen LogP contribution in [0.25, 0.3) is 0 Å². The van der Waals surface area contributed by atoms with Gasteiger partial charge in [0.2, 0.25) is 0 Å². The molecule has 0 aromatic heterocycles. The van der Waals surface area contributed by atoms with E-state index in [0.29, 0.717) is 0 Å². The molecule has 6 radical (unpaired) electrons. The molecular formula is C5H15O2Y6-. The molecule has 0 atom stereocenters. The minimum Gasteiger partial charge on any atom is -0.552 e. The standard InChI is InChI=1S/C3H7O2.2CH4.6Y/c1-5-3-2-4;;;;;;;;/h3-4H,2H2,1H3;2*1H4;;;;;;/q-1;;;;;;;;. The van der Waals surface area contributed by atoms with E-state index in [2.05, 4.69) is 4.74 Å². The Morgan fingerprint density at radius 3 is 1.15 bits per heavy atom. The minimum atomic E-state index is -0.00347. The predicted octanol–water partition coefficient (Wildman–Crippen LogP) is 1.04. The van der Waals surface area contributed by atoms with Crippen molar-refractivity contribution >= 4 is 0 Å². The molecule has 0 aromatic rings. The Kier molecular flexibility index (Phi) is 291. The van der Waals surface area contributed by atoms with Crippen molar-refractivity contribution < 1.29 is 206 Å². The van der Waals surface area contributed by atoms with Gasteiger partial charge in [0.05, 0.1) is 0 Å². The van der Waals surface area contributed by atoms with E-state index in [-0.39, 0.29) is 218 Å². The summed E-state index contributed by atoms with van der Waals surface area (Å²) < 4.78 is 4.32. The molecule has 0 aromatic carbocycles. The third kappa shape index (κ3) is 69.5. The van der Waals surface area contributed by atoms with Crippen molar-refractivity contribution in [1.82, 2.24) is 0 Å². The van der Waals surface area contributed by atoms with Crippen molar-refractivity contribution in [1.29, 1.82) is 0 Å². The molecular weight excluding hydrogens is 625 g/mol. The summed E-state index contributed by atoms with van der Waals surface area (Å²) in [7, 11) is 1.50. The van der Waals surface area contributed by atoms with Crippen LogP contribution in [0.1, 0.15) is 14.9 Å². The Labute approximate surface area is 234 Å². The number of methoxy groups -OCH3 is 1. The quantitative estimate of drug-likeness (QED) is 0.458. The second kappa shape index (κ2) is 62.7. The summed E-state index contributed by atoms with van der Waals surface area (Å²) >= 11 is 0. The van der Waals surface area contributed by atoms with E-state index in [9.17, 15) is 0 Å². The molecule has 0 heterocycles. The maximum Gasteiger partial charge on any atom is 0 e.